The van der Waals surface area contributed by atoms with Gasteiger partial charge >= 0.3 is 6.36 Å². The molecule has 1 aliphatic rings. The molecule has 0 radical (unpaired) electrons. The number of aryl methyl sites for hydroxylation is 2. The zero-order chi connectivity index (χ0) is 27.7. The zero-order valence-corrected chi connectivity index (χ0v) is 22.5. The molecule has 1 aromatic heterocycles. The molecule has 3 aromatic carbocycles. The highest BCUT2D eigenvalue weighted by Crippen LogP contribution is 2.39. The monoisotopic (exact) mass is 590 g/mol. The first-order valence-corrected chi connectivity index (χ1v) is 12.8. The maximum Gasteiger partial charge on any atom is 0.573 e. The van der Waals surface area contributed by atoms with E-state index in [9.17, 15) is 13.2 Å². The third-order valence-electron chi connectivity index (χ3n) is 6.04. The lowest BCUT2D eigenvalue weighted by molar-refractivity contribution is -0.274. The number of nitrogens with zero attached hydrogens (tertiary/aromatic N) is 2. The first kappa shape index (κ1) is 27.0. The number of ether oxygens (including phenoxy) is 1. The number of alkyl halides is 3. The molecule has 0 saturated heterocycles. The lowest BCUT2D eigenvalue weighted by atomic mass is 9.87. The number of hydrogen-bond donors (Lipinski definition) is 2. The van der Waals surface area contributed by atoms with E-state index in [0.717, 1.165) is 34.2 Å². The summed E-state index contributed by atoms with van der Waals surface area (Å²) >= 11 is 17.6. The molecule has 0 saturated carbocycles. The van der Waals surface area contributed by atoms with E-state index in [1.54, 1.807) is 18.3 Å². The second-order valence-electron chi connectivity index (χ2n) is 8.73. The minimum absolute atomic E-state index is 0.273. The van der Waals surface area contributed by atoms with Gasteiger partial charge in [-0.3, -0.25) is 5.43 Å². The Morgan fingerprint density at radius 3 is 2.59 bits per heavy atom. The summed E-state index contributed by atoms with van der Waals surface area (Å²) in [6, 6.07) is 14.8. The number of hydrogen-bond acceptors (Lipinski definition) is 5. The smallest absolute Gasteiger partial charge is 0.406 e. The van der Waals surface area contributed by atoms with Gasteiger partial charge in [0.1, 0.15) is 11.4 Å². The molecular formula is C27H19Cl2F3N4O2S. The highest BCUT2D eigenvalue weighted by molar-refractivity contribution is 7.80. The quantitative estimate of drug-likeness (QED) is 0.140. The molecule has 4 aromatic rings. The topological polar surface area (TPSA) is 71.7 Å². The van der Waals surface area contributed by atoms with Crippen LogP contribution in [-0.4, -0.2) is 22.8 Å². The summed E-state index contributed by atoms with van der Waals surface area (Å²) in [7, 11) is 0. The average Bonchev–Trinajstić information content (AvgIpc) is 3.30. The predicted octanol–water partition coefficient (Wildman–Crippen LogP) is 7.94. The van der Waals surface area contributed by atoms with Crippen molar-refractivity contribution in [1.82, 2.24) is 10.6 Å². The maximum absolute atomic E-state index is 12.5. The summed E-state index contributed by atoms with van der Waals surface area (Å²) in [5, 5.41) is 12.8. The van der Waals surface area contributed by atoms with Gasteiger partial charge in [0.05, 0.1) is 16.9 Å². The van der Waals surface area contributed by atoms with E-state index in [1.807, 2.05) is 25.1 Å². The number of rotatable bonds is 5. The molecular weight excluding hydrogens is 572 g/mol. The standard InChI is InChI=1S/C27H19Cl2F3N4O2S/c1-14-10-18(28)12-22(29)23(14)34-26(39)35-33-13-15-2-8-20-17(11-15)5-9-21-24(20)36-38-25(21)16-3-6-19(7-4-16)37-27(30,31)32/h2-4,6-8,10-13H,5,9H2,1H3,(H2,34,35,39)/b33-13-. The maximum atomic E-state index is 12.5. The number of aromatic nitrogens is 1. The zero-order valence-electron chi connectivity index (χ0n) is 20.2. The Labute approximate surface area is 236 Å². The Kier molecular flexibility index (Phi) is 7.53. The van der Waals surface area contributed by atoms with Crippen LogP contribution in [0.1, 0.15) is 22.3 Å². The molecule has 0 spiro atoms. The van der Waals surface area contributed by atoms with Crippen molar-refractivity contribution < 1.29 is 22.4 Å². The molecule has 1 aliphatic carbocycles. The number of anilines is 1. The summed E-state index contributed by atoms with van der Waals surface area (Å²) in [4.78, 5) is 0. The summed E-state index contributed by atoms with van der Waals surface area (Å²) in [5.74, 6) is 0.232. The van der Waals surface area contributed by atoms with Gasteiger partial charge < -0.3 is 14.6 Å². The molecule has 200 valence electrons. The van der Waals surface area contributed by atoms with Crippen LogP contribution in [0.4, 0.5) is 18.9 Å². The fourth-order valence-electron chi connectivity index (χ4n) is 4.35. The predicted molar refractivity (Wildman–Crippen MR) is 150 cm³/mol. The van der Waals surface area contributed by atoms with Gasteiger partial charge in [-0.05, 0) is 91.1 Å². The van der Waals surface area contributed by atoms with Crippen molar-refractivity contribution >= 4 is 52.4 Å². The minimum Gasteiger partial charge on any atom is -0.406 e. The highest BCUT2D eigenvalue weighted by atomic mass is 35.5. The Hall–Kier alpha value is -3.60. The van der Waals surface area contributed by atoms with Crippen LogP contribution in [-0.2, 0) is 12.8 Å². The van der Waals surface area contributed by atoms with E-state index in [1.165, 1.54) is 24.3 Å². The molecule has 39 heavy (non-hydrogen) atoms. The molecule has 12 heteroatoms. The van der Waals surface area contributed by atoms with Crippen molar-refractivity contribution in [3.05, 3.63) is 86.9 Å². The lowest BCUT2D eigenvalue weighted by Crippen LogP contribution is -2.24. The number of halogens is 5. The Bertz CT molecular complexity index is 1560. The number of nitrogens with one attached hydrogen (secondary N) is 2. The molecule has 0 amide bonds. The number of hydrazone groups is 1. The van der Waals surface area contributed by atoms with E-state index >= 15 is 0 Å². The average molecular weight is 591 g/mol. The van der Waals surface area contributed by atoms with E-state index in [-0.39, 0.29) is 10.9 Å². The third kappa shape index (κ3) is 6.19. The van der Waals surface area contributed by atoms with Crippen molar-refractivity contribution in [2.75, 3.05) is 5.32 Å². The van der Waals surface area contributed by atoms with Crippen molar-refractivity contribution in [2.45, 2.75) is 26.1 Å². The third-order valence-corrected chi connectivity index (χ3v) is 6.75. The normalized spacial score (nSPS) is 12.7. The Balaban J connectivity index is 1.27. The molecule has 0 bridgehead atoms. The van der Waals surface area contributed by atoms with Crippen LogP contribution >= 0.6 is 35.4 Å². The van der Waals surface area contributed by atoms with Crippen LogP contribution in [0.5, 0.6) is 5.75 Å². The van der Waals surface area contributed by atoms with Crippen LogP contribution in [0.3, 0.4) is 0 Å². The van der Waals surface area contributed by atoms with Gasteiger partial charge in [0.25, 0.3) is 0 Å². The molecule has 0 atom stereocenters. The number of fused-ring (bicyclic) bond motifs is 3. The summed E-state index contributed by atoms with van der Waals surface area (Å²) < 4.78 is 46.9. The van der Waals surface area contributed by atoms with Gasteiger partial charge in [-0.2, -0.15) is 5.10 Å². The minimum atomic E-state index is -4.75. The Morgan fingerprint density at radius 1 is 1.10 bits per heavy atom. The number of thiocarbonyl (C=S) groups is 1. The molecule has 6 nitrogen and oxygen atoms in total. The van der Waals surface area contributed by atoms with Crippen molar-refractivity contribution in [2.24, 2.45) is 5.10 Å². The Morgan fingerprint density at radius 2 is 1.87 bits per heavy atom. The van der Waals surface area contributed by atoms with Crippen molar-refractivity contribution in [3.63, 3.8) is 0 Å². The fourth-order valence-corrected chi connectivity index (χ4v) is 5.14. The summed E-state index contributed by atoms with van der Waals surface area (Å²) in [6.07, 6.45) is -1.70. The van der Waals surface area contributed by atoms with Crippen LogP contribution in [0.2, 0.25) is 10.0 Å². The van der Waals surface area contributed by atoms with Crippen molar-refractivity contribution in [1.29, 1.82) is 0 Å². The van der Waals surface area contributed by atoms with E-state index in [0.29, 0.717) is 39.2 Å². The van der Waals surface area contributed by atoms with Gasteiger partial charge in [-0.1, -0.05) is 40.5 Å². The van der Waals surface area contributed by atoms with Gasteiger partial charge in [-0.15, -0.1) is 13.2 Å². The van der Waals surface area contributed by atoms with Crippen LogP contribution in [0.15, 0.2) is 64.2 Å². The van der Waals surface area contributed by atoms with E-state index in [2.05, 4.69) is 25.7 Å². The highest BCUT2D eigenvalue weighted by Gasteiger charge is 2.31. The van der Waals surface area contributed by atoms with Gasteiger partial charge in [0.2, 0.25) is 0 Å². The van der Waals surface area contributed by atoms with Gasteiger partial charge in [0, 0.05) is 21.7 Å². The SMILES string of the molecule is Cc1cc(Cl)cc(Cl)c1NC(=S)N/N=C\c1ccc2c(c1)CCc1c-2noc1-c1ccc(OC(F)(F)F)cc1. The molecule has 0 aliphatic heterocycles. The molecule has 5 rings (SSSR count). The second-order valence-corrected chi connectivity index (χ2v) is 9.98. The van der Waals surface area contributed by atoms with Crippen LogP contribution in [0, 0.1) is 6.92 Å². The molecule has 2 N–H and O–H groups in total. The molecule has 0 unspecified atom stereocenters. The summed E-state index contributed by atoms with van der Waals surface area (Å²) in [5.41, 5.74) is 9.38. The van der Waals surface area contributed by atoms with Gasteiger partial charge in [0.15, 0.2) is 10.9 Å². The largest absolute Gasteiger partial charge is 0.573 e. The van der Waals surface area contributed by atoms with Crippen molar-refractivity contribution in [3.8, 4) is 28.3 Å². The second kappa shape index (κ2) is 10.9. The van der Waals surface area contributed by atoms with Crippen LogP contribution < -0.4 is 15.5 Å². The van der Waals surface area contributed by atoms with Gasteiger partial charge in [-0.25, -0.2) is 0 Å². The van der Waals surface area contributed by atoms with E-state index in [4.69, 9.17) is 39.9 Å². The first-order valence-electron chi connectivity index (χ1n) is 11.6. The van der Waals surface area contributed by atoms with Crippen LogP contribution in [0.25, 0.3) is 22.6 Å². The summed E-state index contributed by atoms with van der Waals surface area (Å²) in [6.45, 7) is 1.87. The molecule has 0 fully saturated rings. The first-order chi connectivity index (χ1) is 18.6. The lowest BCUT2D eigenvalue weighted by Gasteiger charge is -2.16. The molecule has 1 heterocycles. The fraction of sp³-hybridized carbons (Fsp3) is 0.148. The number of benzene rings is 3. The van der Waals surface area contributed by atoms with E-state index < -0.39 is 6.36 Å².